The Morgan fingerprint density at radius 2 is 2.43 bits per heavy atom. The summed E-state index contributed by atoms with van der Waals surface area (Å²) in [5.41, 5.74) is -1.08. The lowest BCUT2D eigenvalue weighted by Gasteiger charge is -2.20. The third-order valence-corrected chi connectivity index (χ3v) is 2.76. The van der Waals surface area contributed by atoms with Crippen molar-refractivity contribution in [1.82, 2.24) is 10.3 Å². The third-order valence-electron chi connectivity index (χ3n) is 1.65. The van der Waals surface area contributed by atoms with Gasteiger partial charge >= 0.3 is 0 Å². The van der Waals surface area contributed by atoms with Crippen LogP contribution >= 0.6 is 22.9 Å². The van der Waals surface area contributed by atoms with E-state index in [1.165, 1.54) is 11.3 Å². The molecule has 0 aliphatic rings. The van der Waals surface area contributed by atoms with E-state index in [4.69, 9.17) is 16.7 Å². The molecule has 0 aromatic carbocycles. The molecule has 1 heterocycles. The largest absolute Gasteiger partial charge is 0.393 e. The van der Waals surface area contributed by atoms with Crippen molar-refractivity contribution in [1.29, 1.82) is 0 Å². The number of nitrogens with one attached hydrogen (secondary N) is 1. The summed E-state index contributed by atoms with van der Waals surface area (Å²) in [4.78, 5) is 4.04. The predicted molar refractivity (Wildman–Crippen MR) is 56.5 cm³/mol. The van der Waals surface area contributed by atoms with Crippen molar-refractivity contribution in [3.05, 3.63) is 15.5 Å². The van der Waals surface area contributed by atoms with Crippen LogP contribution in [0.15, 0.2) is 6.20 Å². The molecule has 1 atom stereocenters. The Morgan fingerprint density at radius 3 is 2.93 bits per heavy atom. The van der Waals surface area contributed by atoms with Crippen LogP contribution in [0.1, 0.15) is 11.9 Å². The van der Waals surface area contributed by atoms with Gasteiger partial charge in [0.25, 0.3) is 0 Å². The maximum Gasteiger partial charge on any atom is 0.113 e. The van der Waals surface area contributed by atoms with E-state index in [9.17, 15) is 5.11 Å². The molecule has 14 heavy (non-hydrogen) atoms. The normalized spacial score (nSPS) is 15.4. The van der Waals surface area contributed by atoms with Crippen molar-refractivity contribution in [3.8, 4) is 0 Å². The molecule has 1 rings (SSSR count). The van der Waals surface area contributed by atoms with Gasteiger partial charge in [0.05, 0.1) is 18.4 Å². The second-order valence-corrected chi connectivity index (χ2v) is 5.06. The lowest BCUT2D eigenvalue weighted by atomic mass is 10.1. The van der Waals surface area contributed by atoms with E-state index in [1.54, 1.807) is 13.1 Å². The summed E-state index contributed by atoms with van der Waals surface area (Å²) in [5.74, 6) is 0. The van der Waals surface area contributed by atoms with Gasteiger partial charge in [-0.25, -0.2) is 4.98 Å². The molecule has 6 heteroatoms. The highest BCUT2D eigenvalue weighted by Gasteiger charge is 2.17. The summed E-state index contributed by atoms with van der Waals surface area (Å²) in [6.07, 6.45) is 1.59. The molecule has 1 unspecified atom stereocenters. The number of aliphatic hydroxyl groups excluding tert-OH is 1. The SMILES string of the molecule is CC(O)(CO)CNCc1ncc(Cl)s1. The smallest absolute Gasteiger partial charge is 0.113 e. The topological polar surface area (TPSA) is 65.4 Å². The summed E-state index contributed by atoms with van der Waals surface area (Å²) >= 11 is 7.09. The zero-order valence-electron chi connectivity index (χ0n) is 7.83. The monoisotopic (exact) mass is 236 g/mol. The molecular weight excluding hydrogens is 224 g/mol. The average Bonchev–Trinajstić information content (AvgIpc) is 2.51. The lowest BCUT2D eigenvalue weighted by molar-refractivity contribution is 0.00253. The molecule has 0 aliphatic carbocycles. The highest BCUT2D eigenvalue weighted by atomic mass is 35.5. The molecule has 0 saturated carbocycles. The third kappa shape index (κ3) is 3.89. The number of rotatable bonds is 5. The number of hydrogen-bond donors (Lipinski definition) is 3. The molecule has 0 bridgehead atoms. The van der Waals surface area contributed by atoms with Gasteiger partial charge < -0.3 is 15.5 Å². The number of thiazole rings is 1. The lowest BCUT2D eigenvalue weighted by Crippen LogP contribution is -2.40. The van der Waals surface area contributed by atoms with E-state index in [-0.39, 0.29) is 6.61 Å². The van der Waals surface area contributed by atoms with Crippen molar-refractivity contribution in [3.63, 3.8) is 0 Å². The van der Waals surface area contributed by atoms with E-state index in [0.29, 0.717) is 17.4 Å². The van der Waals surface area contributed by atoms with Crippen molar-refractivity contribution in [2.45, 2.75) is 19.1 Å². The van der Waals surface area contributed by atoms with Gasteiger partial charge in [0, 0.05) is 13.1 Å². The second kappa shape index (κ2) is 5.04. The van der Waals surface area contributed by atoms with Gasteiger partial charge in [0.2, 0.25) is 0 Å². The highest BCUT2D eigenvalue weighted by Crippen LogP contribution is 2.17. The zero-order chi connectivity index (χ0) is 10.6. The Kier molecular flexibility index (Phi) is 4.28. The van der Waals surface area contributed by atoms with E-state index in [1.807, 2.05) is 0 Å². The Morgan fingerprint density at radius 1 is 1.71 bits per heavy atom. The van der Waals surface area contributed by atoms with Gasteiger partial charge in [-0.1, -0.05) is 11.6 Å². The molecular formula is C8H13ClN2O2S. The van der Waals surface area contributed by atoms with Gasteiger partial charge in [-0.2, -0.15) is 0 Å². The Labute approximate surface area is 91.6 Å². The van der Waals surface area contributed by atoms with Gasteiger partial charge in [-0.05, 0) is 6.92 Å². The maximum atomic E-state index is 9.45. The first kappa shape index (κ1) is 11.9. The second-order valence-electron chi connectivity index (χ2n) is 3.32. The van der Waals surface area contributed by atoms with E-state index < -0.39 is 5.60 Å². The van der Waals surface area contributed by atoms with Crippen LogP contribution < -0.4 is 5.32 Å². The molecule has 80 valence electrons. The Bertz CT molecular complexity index is 291. The van der Waals surface area contributed by atoms with Crippen LogP contribution in [0, 0.1) is 0 Å². The van der Waals surface area contributed by atoms with Crippen LogP contribution in [-0.2, 0) is 6.54 Å². The minimum absolute atomic E-state index is 0.265. The molecule has 4 nitrogen and oxygen atoms in total. The van der Waals surface area contributed by atoms with E-state index in [2.05, 4.69) is 10.3 Å². The standard InChI is InChI=1S/C8H13ClN2O2S/c1-8(13,5-12)4-10-3-7-11-2-6(9)14-7/h2,10,12-13H,3-5H2,1H3. The summed E-state index contributed by atoms with van der Waals surface area (Å²) in [5, 5.41) is 22.1. The molecule has 0 radical (unpaired) electrons. The van der Waals surface area contributed by atoms with E-state index >= 15 is 0 Å². The summed E-state index contributed by atoms with van der Waals surface area (Å²) < 4.78 is 0.649. The fraction of sp³-hybridized carbons (Fsp3) is 0.625. The molecule has 3 N–H and O–H groups in total. The zero-order valence-corrected chi connectivity index (χ0v) is 9.40. The van der Waals surface area contributed by atoms with Crippen molar-refractivity contribution in [2.75, 3.05) is 13.2 Å². The van der Waals surface area contributed by atoms with Gasteiger partial charge in [-0.15, -0.1) is 11.3 Å². The molecule has 1 aromatic rings. The Hall–Kier alpha value is -0.200. The maximum absolute atomic E-state index is 9.45. The minimum atomic E-state index is -1.08. The Balaban J connectivity index is 2.28. The van der Waals surface area contributed by atoms with Crippen molar-refractivity contribution >= 4 is 22.9 Å². The van der Waals surface area contributed by atoms with Gasteiger partial charge in [-0.3, -0.25) is 0 Å². The van der Waals surface area contributed by atoms with Gasteiger partial charge in [0.15, 0.2) is 0 Å². The van der Waals surface area contributed by atoms with Crippen LogP contribution in [-0.4, -0.2) is 33.9 Å². The summed E-state index contributed by atoms with van der Waals surface area (Å²) in [7, 11) is 0. The first-order valence-electron chi connectivity index (χ1n) is 4.18. The average molecular weight is 237 g/mol. The number of aromatic nitrogens is 1. The molecule has 0 saturated heterocycles. The first-order valence-corrected chi connectivity index (χ1v) is 5.37. The molecule has 0 aliphatic heterocycles. The predicted octanol–water partition coefficient (Wildman–Crippen LogP) is 0.629. The summed E-state index contributed by atoms with van der Waals surface area (Å²) in [6.45, 7) is 2.17. The number of hydrogen-bond acceptors (Lipinski definition) is 5. The van der Waals surface area contributed by atoms with Crippen molar-refractivity contribution in [2.24, 2.45) is 0 Å². The van der Waals surface area contributed by atoms with Crippen molar-refractivity contribution < 1.29 is 10.2 Å². The van der Waals surface area contributed by atoms with E-state index in [0.717, 1.165) is 5.01 Å². The van der Waals surface area contributed by atoms with Crippen LogP contribution in [0.25, 0.3) is 0 Å². The molecule has 0 amide bonds. The quantitative estimate of drug-likeness (QED) is 0.702. The van der Waals surface area contributed by atoms with Crippen LogP contribution in [0.5, 0.6) is 0 Å². The molecule has 0 fully saturated rings. The van der Waals surface area contributed by atoms with Gasteiger partial charge in [0.1, 0.15) is 9.34 Å². The number of nitrogens with zero attached hydrogens (tertiary/aromatic N) is 1. The number of aliphatic hydroxyl groups is 2. The summed E-state index contributed by atoms with van der Waals surface area (Å²) in [6, 6.07) is 0. The highest BCUT2D eigenvalue weighted by molar-refractivity contribution is 7.15. The molecule has 0 spiro atoms. The minimum Gasteiger partial charge on any atom is -0.393 e. The van der Waals surface area contributed by atoms with Crippen LogP contribution in [0.4, 0.5) is 0 Å². The fourth-order valence-corrected chi connectivity index (χ4v) is 1.79. The van der Waals surface area contributed by atoms with Crippen LogP contribution in [0.3, 0.4) is 0 Å². The molecule has 1 aromatic heterocycles. The number of halogens is 1. The first-order chi connectivity index (χ1) is 6.53. The van der Waals surface area contributed by atoms with Crippen LogP contribution in [0.2, 0.25) is 4.34 Å². The fourth-order valence-electron chi connectivity index (χ4n) is 0.864.